The first-order valence-electron chi connectivity index (χ1n) is 12.6. The van der Waals surface area contributed by atoms with E-state index >= 15 is 0 Å². The fourth-order valence-electron chi connectivity index (χ4n) is 4.52. The molecule has 0 aromatic carbocycles. The van der Waals surface area contributed by atoms with E-state index < -0.39 is 0 Å². The molecule has 0 saturated carbocycles. The van der Waals surface area contributed by atoms with Crippen LogP contribution in [0.2, 0.25) is 0 Å². The van der Waals surface area contributed by atoms with E-state index in [9.17, 15) is 30.6 Å². The summed E-state index contributed by atoms with van der Waals surface area (Å²) in [4.78, 5) is 34.1. The van der Waals surface area contributed by atoms with Crippen molar-refractivity contribution in [1.82, 2.24) is 0 Å². The van der Waals surface area contributed by atoms with Crippen LogP contribution in [0.3, 0.4) is 0 Å². The predicted octanol–water partition coefficient (Wildman–Crippen LogP) is 10.3. The van der Waals surface area contributed by atoms with Crippen LogP contribution in [0.5, 0.6) is 0 Å². The zero-order chi connectivity index (χ0) is 31.1. The zero-order valence-electron chi connectivity index (χ0n) is 22.7. The Kier molecular flexibility index (Phi) is 7.98. The minimum atomic E-state index is -0.225. The van der Waals surface area contributed by atoms with Gasteiger partial charge in [-0.3, -0.25) is 9.59 Å². The first kappa shape index (κ1) is 29.6. The molecule has 0 unspecified atom stereocenters. The molecule has 44 heavy (non-hydrogen) atoms. The fourth-order valence-corrected chi connectivity index (χ4v) is 11.2. The van der Waals surface area contributed by atoms with Crippen LogP contribution in [0.25, 0.3) is 48.8 Å². The predicted molar refractivity (Wildman–Crippen MR) is 180 cm³/mol. The van der Waals surface area contributed by atoms with Gasteiger partial charge in [0.2, 0.25) is 0 Å². The third-order valence-electron chi connectivity index (χ3n) is 6.50. The number of hydrogen-bond acceptors (Lipinski definition) is 12. The quantitative estimate of drug-likeness (QED) is 0.155. The van der Waals surface area contributed by atoms with Gasteiger partial charge in [-0.05, 0) is 48.5 Å². The van der Waals surface area contributed by atoms with E-state index in [2.05, 4.69) is 36.4 Å². The summed E-state index contributed by atoms with van der Waals surface area (Å²) < 4.78 is 0. The largest absolute Gasteiger partial charge is 0.294 e. The van der Waals surface area contributed by atoms with Crippen molar-refractivity contribution in [3.8, 4) is 73.0 Å². The minimum absolute atomic E-state index is 0.147. The molecule has 6 heterocycles. The lowest BCUT2D eigenvalue weighted by Gasteiger charge is -1.94. The second-order valence-corrected chi connectivity index (χ2v) is 15.6. The highest BCUT2D eigenvalue weighted by Crippen LogP contribution is 2.47. The van der Waals surface area contributed by atoms with Crippen LogP contribution >= 0.6 is 68.0 Å². The van der Waals surface area contributed by atoms with Crippen molar-refractivity contribution in [1.29, 1.82) is 21.0 Å². The summed E-state index contributed by atoms with van der Waals surface area (Å²) in [6, 6.07) is 24.4. The molecule has 12 heteroatoms. The molecule has 0 atom stereocenters. The molecule has 0 aliphatic carbocycles. The van der Waals surface area contributed by atoms with Gasteiger partial charge < -0.3 is 0 Å². The zero-order valence-corrected chi connectivity index (χ0v) is 27.6. The molecule has 0 N–H and O–H groups in total. The summed E-state index contributed by atoms with van der Waals surface area (Å²) in [6.07, 6.45) is 0. The van der Waals surface area contributed by atoms with Gasteiger partial charge in [-0.1, -0.05) is 0 Å². The summed E-state index contributed by atoms with van der Waals surface area (Å²) in [5, 5.41) is 38.5. The van der Waals surface area contributed by atoms with Gasteiger partial charge in [-0.15, -0.1) is 68.0 Å². The van der Waals surface area contributed by atoms with Crippen molar-refractivity contribution in [2.45, 2.75) is 13.8 Å². The number of nitrogens with zero attached hydrogens (tertiary/aromatic N) is 4. The van der Waals surface area contributed by atoms with Gasteiger partial charge in [0.15, 0.2) is 11.6 Å². The molecule has 6 aromatic rings. The number of carbonyl (C=O) groups is 2. The molecule has 6 rings (SSSR count). The summed E-state index contributed by atoms with van der Waals surface area (Å²) in [6.45, 7) is 2.81. The van der Waals surface area contributed by atoms with Crippen LogP contribution in [0.1, 0.15) is 55.4 Å². The molecule has 0 amide bonds. The van der Waals surface area contributed by atoms with Gasteiger partial charge in [0.05, 0.1) is 41.8 Å². The maximum Gasteiger partial charge on any atom is 0.171 e. The fraction of sp³-hybridized carbons (Fsp3) is 0.0625. The summed E-state index contributed by atoms with van der Waals surface area (Å²) in [5.41, 5.74) is 0.791. The first-order chi connectivity index (χ1) is 21.3. The minimum Gasteiger partial charge on any atom is -0.294 e. The summed E-state index contributed by atoms with van der Waals surface area (Å²) >= 11 is 8.75. The number of carbonyl (C=O) groups excluding carboxylic acids is 2. The molecule has 6 nitrogen and oxygen atoms in total. The number of thiophene rings is 6. The van der Waals surface area contributed by atoms with Crippen LogP contribution < -0.4 is 0 Å². The third kappa shape index (κ3) is 5.05. The van der Waals surface area contributed by atoms with Crippen LogP contribution in [0, 0.1) is 45.3 Å². The molecule has 210 valence electrons. The Morgan fingerprint density at radius 3 is 0.932 bits per heavy atom. The second kappa shape index (κ2) is 11.9. The highest BCUT2D eigenvalue weighted by atomic mass is 32.1. The second-order valence-electron chi connectivity index (χ2n) is 9.24. The Labute approximate surface area is 275 Å². The molecule has 0 fully saturated rings. The van der Waals surface area contributed by atoms with Crippen molar-refractivity contribution in [2.75, 3.05) is 0 Å². The van der Waals surface area contributed by atoms with E-state index in [1.807, 2.05) is 36.4 Å². The van der Waals surface area contributed by atoms with Gasteiger partial charge in [0.25, 0.3) is 0 Å². The van der Waals surface area contributed by atoms with Crippen LogP contribution in [0.15, 0.2) is 48.5 Å². The first-order valence-corrected chi connectivity index (χ1v) is 17.5. The molecule has 6 aromatic heterocycles. The number of hydrogen-bond donors (Lipinski definition) is 0. The monoisotopic (exact) mass is 678 g/mol. The van der Waals surface area contributed by atoms with Crippen LogP contribution in [0.4, 0.5) is 0 Å². The lowest BCUT2D eigenvalue weighted by atomic mass is 10.1. The van der Waals surface area contributed by atoms with Crippen molar-refractivity contribution >= 4 is 79.6 Å². The Bertz CT molecular complexity index is 2150. The SMILES string of the molecule is CC(=O)c1sc(-c2ccc(-c3ccc(-c4ccc(-c5ccc(-c6sc(C(C)=O)c(C#N)c6C#N)s5)s4)s3)s2)c(C#N)c1C#N. The van der Waals surface area contributed by atoms with E-state index in [4.69, 9.17) is 0 Å². The van der Waals surface area contributed by atoms with E-state index in [1.165, 1.54) is 59.2 Å². The molecular weight excluding hydrogens is 665 g/mol. The lowest BCUT2D eigenvalue weighted by molar-refractivity contribution is 0.101. The Hall–Kier alpha value is -4.50. The highest BCUT2D eigenvalue weighted by molar-refractivity contribution is 7.30. The number of nitriles is 4. The van der Waals surface area contributed by atoms with Crippen molar-refractivity contribution in [2.24, 2.45) is 0 Å². The topological polar surface area (TPSA) is 129 Å². The maximum absolute atomic E-state index is 12.1. The molecule has 0 radical (unpaired) electrons. The van der Waals surface area contributed by atoms with Crippen LogP contribution in [-0.4, -0.2) is 11.6 Å². The van der Waals surface area contributed by atoms with Gasteiger partial charge in [-0.2, -0.15) is 21.0 Å². The van der Waals surface area contributed by atoms with Gasteiger partial charge in [0, 0.05) is 52.9 Å². The van der Waals surface area contributed by atoms with E-state index in [0.29, 0.717) is 19.5 Å². The molecule has 0 aliphatic heterocycles. The Balaban J connectivity index is 1.27. The number of Topliss-reactive ketones (excluding diaryl/α,β-unsaturated/α-hetero) is 2. The Morgan fingerprint density at radius 1 is 0.432 bits per heavy atom. The standard InChI is InChI=1S/C32H14N4O2S6/c1-15(37)29-17(11-33)19(13-35)31(43-29)27-9-7-25(41-27)23-5-3-21(39-23)22-4-6-24(40-22)26-8-10-28(42-26)32-20(14-36)18(12-34)30(44-32)16(2)38/h3-10H,1-2H3. The molecule has 0 spiro atoms. The summed E-state index contributed by atoms with van der Waals surface area (Å²) in [7, 11) is 0. The van der Waals surface area contributed by atoms with E-state index in [-0.39, 0.29) is 33.8 Å². The van der Waals surface area contributed by atoms with Crippen molar-refractivity contribution < 1.29 is 9.59 Å². The maximum atomic E-state index is 12.1. The average molecular weight is 679 g/mol. The van der Waals surface area contributed by atoms with Crippen molar-refractivity contribution in [3.05, 3.63) is 80.5 Å². The molecule has 0 aliphatic rings. The van der Waals surface area contributed by atoms with Crippen molar-refractivity contribution in [3.63, 3.8) is 0 Å². The third-order valence-corrected chi connectivity index (χ3v) is 14.4. The summed E-state index contributed by atoms with van der Waals surface area (Å²) in [5.74, 6) is -0.450. The van der Waals surface area contributed by atoms with Crippen LogP contribution in [-0.2, 0) is 0 Å². The Morgan fingerprint density at radius 2 is 0.682 bits per heavy atom. The number of ketones is 2. The smallest absolute Gasteiger partial charge is 0.171 e. The van der Waals surface area contributed by atoms with Gasteiger partial charge in [-0.25, -0.2) is 0 Å². The lowest BCUT2D eigenvalue weighted by Crippen LogP contribution is -1.91. The van der Waals surface area contributed by atoms with Gasteiger partial charge >= 0.3 is 0 Å². The number of rotatable bonds is 7. The van der Waals surface area contributed by atoms with E-state index in [0.717, 1.165) is 39.0 Å². The highest BCUT2D eigenvalue weighted by Gasteiger charge is 2.24. The molecule has 0 bridgehead atoms. The van der Waals surface area contributed by atoms with E-state index in [1.54, 1.807) is 22.7 Å². The van der Waals surface area contributed by atoms with Gasteiger partial charge in [0.1, 0.15) is 24.3 Å². The average Bonchev–Trinajstić information content (AvgIpc) is 3.86. The normalized spacial score (nSPS) is 10.6. The molecule has 0 saturated heterocycles. The molecular formula is C32H14N4O2S6.